The first-order valence-electron chi connectivity index (χ1n) is 11.6. The molecular formula is C25H33N5O4S. The van der Waals surface area contributed by atoms with Gasteiger partial charge in [0.25, 0.3) is 10.0 Å². The molecule has 0 aliphatic carbocycles. The Labute approximate surface area is 207 Å². The summed E-state index contributed by atoms with van der Waals surface area (Å²) in [4.78, 5) is 30.8. The quantitative estimate of drug-likeness (QED) is 0.516. The first-order chi connectivity index (χ1) is 16.6. The van der Waals surface area contributed by atoms with Gasteiger partial charge in [-0.1, -0.05) is 24.6 Å². The highest BCUT2D eigenvalue weighted by Crippen LogP contribution is 2.19. The van der Waals surface area contributed by atoms with Gasteiger partial charge < -0.3 is 10.6 Å². The van der Waals surface area contributed by atoms with Crippen molar-refractivity contribution in [1.82, 2.24) is 9.62 Å². The molecule has 0 fully saturated rings. The Balaban J connectivity index is 1.50. The molecule has 188 valence electrons. The molecule has 35 heavy (non-hydrogen) atoms. The smallest absolute Gasteiger partial charge is 0.262 e. The number of aryl methyl sites for hydroxylation is 2. The number of carbonyl (C=O) groups is 2. The van der Waals surface area contributed by atoms with Crippen molar-refractivity contribution < 1.29 is 18.0 Å². The Kier molecular flexibility index (Phi) is 9.00. The molecule has 10 heteroatoms. The first-order valence-corrected chi connectivity index (χ1v) is 13.1. The van der Waals surface area contributed by atoms with Crippen molar-refractivity contribution in [3.05, 3.63) is 53.6 Å². The van der Waals surface area contributed by atoms with Crippen LogP contribution in [0, 0.1) is 13.8 Å². The fourth-order valence-electron chi connectivity index (χ4n) is 3.83. The zero-order valence-corrected chi connectivity index (χ0v) is 21.2. The third kappa shape index (κ3) is 7.90. The van der Waals surface area contributed by atoms with Gasteiger partial charge in [0.1, 0.15) is 5.84 Å². The molecule has 3 N–H and O–H groups in total. The van der Waals surface area contributed by atoms with E-state index in [0.717, 1.165) is 36.1 Å². The van der Waals surface area contributed by atoms with Gasteiger partial charge in [-0.2, -0.15) is 0 Å². The molecule has 1 aliphatic heterocycles. The summed E-state index contributed by atoms with van der Waals surface area (Å²) in [5.74, 6) is -0.0310. The number of aliphatic imine (C=N–C) groups is 1. The van der Waals surface area contributed by atoms with Gasteiger partial charge in [-0.15, -0.1) is 0 Å². The van der Waals surface area contributed by atoms with Crippen LogP contribution in [0.4, 0.5) is 11.4 Å². The van der Waals surface area contributed by atoms with Crippen LogP contribution in [-0.4, -0.2) is 57.6 Å². The SMILES string of the molecule is Cc1cccc(C)c1NC(=O)CN(C)CC(=O)Nc1ccc(S(=O)(=O)NC2=NCCCCC2)cc1. The van der Waals surface area contributed by atoms with Crippen molar-refractivity contribution in [2.75, 3.05) is 37.3 Å². The number of amides is 2. The minimum Gasteiger partial charge on any atom is -0.325 e. The summed E-state index contributed by atoms with van der Waals surface area (Å²) in [5.41, 5.74) is 3.20. The van der Waals surface area contributed by atoms with Crippen molar-refractivity contribution in [1.29, 1.82) is 0 Å². The zero-order valence-electron chi connectivity index (χ0n) is 20.4. The van der Waals surface area contributed by atoms with Crippen LogP contribution in [0.3, 0.4) is 0 Å². The highest BCUT2D eigenvalue weighted by molar-refractivity contribution is 7.90. The summed E-state index contributed by atoms with van der Waals surface area (Å²) in [6, 6.07) is 11.7. The third-order valence-corrected chi connectivity index (χ3v) is 7.04. The predicted molar refractivity (Wildman–Crippen MR) is 138 cm³/mol. The van der Waals surface area contributed by atoms with E-state index in [1.165, 1.54) is 24.3 Å². The molecule has 2 aromatic rings. The van der Waals surface area contributed by atoms with Gasteiger partial charge in [0.15, 0.2) is 0 Å². The molecule has 2 aromatic carbocycles. The lowest BCUT2D eigenvalue weighted by molar-refractivity contribution is -0.119. The van der Waals surface area contributed by atoms with Gasteiger partial charge in [-0.05, 0) is 69.1 Å². The molecule has 1 aliphatic rings. The summed E-state index contributed by atoms with van der Waals surface area (Å²) < 4.78 is 27.9. The Hall–Kier alpha value is -3.24. The number of nitrogens with one attached hydrogen (secondary N) is 3. The van der Waals surface area contributed by atoms with Gasteiger partial charge in [0, 0.05) is 24.3 Å². The number of anilines is 2. The number of nitrogens with zero attached hydrogens (tertiary/aromatic N) is 2. The number of carbonyl (C=O) groups excluding carboxylic acids is 2. The molecule has 1 heterocycles. The number of hydrogen-bond acceptors (Lipinski definition) is 6. The third-order valence-electron chi connectivity index (χ3n) is 5.65. The lowest BCUT2D eigenvalue weighted by Gasteiger charge is -2.17. The highest BCUT2D eigenvalue weighted by atomic mass is 32.2. The van der Waals surface area contributed by atoms with Crippen molar-refractivity contribution in [2.45, 2.75) is 44.4 Å². The van der Waals surface area contributed by atoms with E-state index in [1.807, 2.05) is 32.0 Å². The molecule has 0 unspecified atom stereocenters. The zero-order chi connectivity index (χ0) is 25.4. The van der Waals surface area contributed by atoms with Crippen molar-refractivity contribution in [2.24, 2.45) is 4.99 Å². The van der Waals surface area contributed by atoms with Crippen LogP contribution in [0.1, 0.15) is 36.8 Å². The van der Waals surface area contributed by atoms with Gasteiger partial charge in [0.2, 0.25) is 11.8 Å². The lowest BCUT2D eigenvalue weighted by Crippen LogP contribution is -2.36. The number of benzene rings is 2. The second kappa shape index (κ2) is 11.9. The van der Waals surface area contributed by atoms with Crippen molar-refractivity contribution >= 4 is 39.0 Å². The lowest BCUT2D eigenvalue weighted by atomic mass is 10.1. The summed E-state index contributed by atoms with van der Waals surface area (Å²) in [6.45, 7) is 4.54. The Morgan fingerprint density at radius 3 is 2.20 bits per heavy atom. The van der Waals surface area contributed by atoms with Gasteiger partial charge in [-0.25, -0.2) is 8.42 Å². The van der Waals surface area contributed by atoms with Crippen LogP contribution in [0.25, 0.3) is 0 Å². The van der Waals surface area contributed by atoms with Crippen molar-refractivity contribution in [3.8, 4) is 0 Å². The van der Waals surface area contributed by atoms with E-state index in [4.69, 9.17) is 0 Å². The van der Waals surface area contributed by atoms with Gasteiger partial charge in [0.05, 0.1) is 18.0 Å². The monoisotopic (exact) mass is 499 g/mol. The fraction of sp³-hybridized carbons (Fsp3) is 0.400. The molecule has 0 aromatic heterocycles. The average molecular weight is 500 g/mol. The molecular weight excluding hydrogens is 466 g/mol. The Morgan fingerprint density at radius 2 is 1.54 bits per heavy atom. The largest absolute Gasteiger partial charge is 0.325 e. The molecule has 0 saturated carbocycles. The summed E-state index contributed by atoms with van der Waals surface area (Å²) in [6.07, 6.45) is 3.53. The van der Waals surface area contributed by atoms with Gasteiger partial charge >= 0.3 is 0 Å². The Morgan fingerprint density at radius 1 is 0.914 bits per heavy atom. The van der Waals surface area contributed by atoms with E-state index in [9.17, 15) is 18.0 Å². The molecule has 0 atom stereocenters. The van der Waals surface area contributed by atoms with E-state index in [-0.39, 0.29) is 29.8 Å². The van der Waals surface area contributed by atoms with Crippen LogP contribution < -0.4 is 15.4 Å². The first kappa shape index (κ1) is 26.4. The molecule has 3 rings (SSSR count). The number of amidine groups is 1. The van der Waals surface area contributed by atoms with Gasteiger partial charge in [-0.3, -0.25) is 24.2 Å². The van der Waals surface area contributed by atoms with E-state index in [1.54, 1.807) is 11.9 Å². The van der Waals surface area contributed by atoms with Crippen LogP contribution in [-0.2, 0) is 19.6 Å². The summed E-state index contributed by atoms with van der Waals surface area (Å²) in [7, 11) is -2.05. The maximum absolute atomic E-state index is 12.6. The van der Waals surface area contributed by atoms with Crippen LogP contribution in [0.5, 0.6) is 0 Å². The fourth-order valence-corrected chi connectivity index (χ4v) is 4.92. The highest BCUT2D eigenvalue weighted by Gasteiger charge is 2.18. The van der Waals surface area contributed by atoms with E-state index < -0.39 is 10.0 Å². The van der Waals surface area contributed by atoms with Crippen LogP contribution in [0.2, 0.25) is 0 Å². The van der Waals surface area contributed by atoms with Crippen LogP contribution in [0.15, 0.2) is 52.4 Å². The molecule has 2 amide bonds. The second-order valence-corrected chi connectivity index (χ2v) is 10.5. The molecule has 9 nitrogen and oxygen atoms in total. The minimum absolute atomic E-state index is 0.00159. The number of hydrogen-bond donors (Lipinski definition) is 3. The number of likely N-dealkylation sites (N-methyl/N-ethyl adjacent to an activating group) is 1. The topological polar surface area (TPSA) is 120 Å². The normalized spacial score (nSPS) is 14.1. The number of sulfonamides is 1. The standard InChI is InChI=1S/C25H33N5O4S/c1-18-8-7-9-19(2)25(18)28-24(32)17-30(3)16-23(31)27-20-11-13-21(14-12-20)35(33,34)29-22-10-5-4-6-15-26-22/h7-9,11-14H,4-6,10,15-17H2,1-3H3,(H,26,29)(H,27,31)(H,28,32). The summed E-state index contributed by atoms with van der Waals surface area (Å²) in [5, 5.41) is 5.63. The summed E-state index contributed by atoms with van der Waals surface area (Å²) >= 11 is 0. The van der Waals surface area contributed by atoms with E-state index >= 15 is 0 Å². The number of para-hydroxylation sites is 1. The minimum atomic E-state index is -3.73. The van der Waals surface area contributed by atoms with E-state index in [0.29, 0.717) is 24.5 Å². The predicted octanol–water partition coefficient (Wildman–Crippen LogP) is 3.06. The maximum atomic E-state index is 12.6. The number of rotatable bonds is 8. The molecule has 0 spiro atoms. The average Bonchev–Trinajstić information content (AvgIpc) is 3.04. The van der Waals surface area contributed by atoms with E-state index in [2.05, 4.69) is 20.3 Å². The Bertz CT molecular complexity index is 1170. The van der Waals surface area contributed by atoms with Crippen molar-refractivity contribution in [3.63, 3.8) is 0 Å². The van der Waals surface area contributed by atoms with Crippen LogP contribution >= 0.6 is 0 Å². The molecule has 0 bridgehead atoms. The molecule has 0 radical (unpaired) electrons. The maximum Gasteiger partial charge on any atom is 0.262 e. The molecule has 0 saturated heterocycles. The second-order valence-electron chi connectivity index (χ2n) is 8.80.